The zero-order chi connectivity index (χ0) is 12.0. The van der Waals surface area contributed by atoms with Crippen LogP contribution in [0.5, 0.6) is 0 Å². The van der Waals surface area contributed by atoms with Gasteiger partial charge >= 0.3 is 5.97 Å². The number of rotatable bonds is 6. The van der Waals surface area contributed by atoms with Crippen LogP contribution in [-0.4, -0.2) is 40.5 Å². The molecule has 1 rings (SSSR count). The van der Waals surface area contributed by atoms with Crippen LogP contribution >= 0.6 is 0 Å². The van der Waals surface area contributed by atoms with Crippen LogP contribution in [0.25, 0.3) is 0 Å². The monoisotopic (exact) mass is 227 g/mol. The number of aliphatic carboxylic acids is 1. The van der Waals surface area contributed by atoms with Gasteiger partial charge in [-0.3, -0.25) is 14.3 Å². The van der Waals surface area contributed by atoms with Gasteiger partial charge in [0.25, 0.3) is 0 Å². The number of carboxylic acid groups (broad SMARTS) is 1. The average Bonchev–Trinajstić information content (AvgIpc) is 2.61. The molecule has 0 saturated carbocycles. The second-order valence-electron chi connectivity index (χ2n) is 3.08. The summed E-state index contributed by atoms with van der Waals surface area (Å²) < 4.78 is 5.97. The summed E-state index contributed by atoms with van der Waals surface area (Å²) in [7, 11) is 1.51. The Morgan fingerprint density at radius 2 is 2.38 bits per heavy atom. The number of anilines is 1. The van der Waals surface area contributed by atoms with Gasteiger partial charge in [0.1, 0.15) is 6.54 Å². The summed E-state index contributed by atoms with van der Waals surface area (Å²) in [5.74, 6) is -0.870. The van der Waals surface area contributed by atoms with Gasteiger partial charge in [0.05, 0.1) is 13.0 Å². The maximum atomic E-state index is 11.2. The van der Waals surface area contributed by atoms with Gasteiger partial charge in [0.15, 0.2) is 5.82 Å². The molecule has 0 saturated heterocycles. The highest BCUT2D eigenvalue weighted by Crippen LogP contribution is 2.02. The van der Waals surface area contributed by atoms with Crippen molar-refractivity contribution in [2.45, 2.75) is 13.0 Å². The quantitative estimate of drug-likeness (QED) is 0.710. The number of ether oxygens (including phenoxy) is 1. The largest absolute Gasteiger partial charge is 0.480 e. The number of amides is 1. The third-order valence-electron chi connectivity index (χ3n) is 1.74. The Morgan fingerprint density at radius 3 is 3.00 bits per heavy atom. The van der Waals surface area contributed by atoms with Crippen LogP contribution in [0.3, 0.4) is 0 Å². The molecule has 7 heteroatoms. The Kier molecular flexibility index (Phi) is 4.46. The fourth-order valence-corrected chi connectivity index (χ4v) is 1.06. The van der Waals surface area contributed by atoms with E-state index in [-0.39, 0.29) is 18.9 Å². The topological polar surface area (TPSA) is 93.5 Å². The molecule has 1 heterocycles. The van der Waals surface area contributed by atoms with Crippen LogP contribution in [0.4, 0.5) is 5.82 Å². The van der Waals surface area contributed by atoms with Gasteiger partial charge in [0, 0.05) is 19.4 Å². The van der Waals surface area contributed by atoms with Crippen LogP contribution in [-0.2, 0) is 20.9 Å². The van der Waals surface area contributed by atoms with Gasteiger partial charge in [-0.2, -0.15) is 5.10 Å². The number of methoxy groups -OCH3 is 1. The van der Waals surface area contributed by atoms with E-state index in [1.54, 1.807) is 0 Å². The molecule has 0 aromatic carbocycles. The molecule has 0 bridgehead atoms. The van der Waals surface area contributed by atoms with Gasteiger partial charge in [-0.25, -0.2) is 0 Å². The van der Waals surface area contributed by atoms with Crippen molar-refractivity contribution < 1.29 is 19.4 Å². The SMILES string of the molecule is COCCC(=O)Nc1ccn(CC(=O)O)n1. The minimum atomic E-state index is -0.986. The summed E-state index contributed by atoms with van der Waals surface area (Å²) in [6.45, 7) is 0.107. The standard InChI is InChI=1S/C9H13N3O4/c1-16-5-3-8(13)10-7-2-4-12(11-7)6-9(14)15/h2,4H,3,5-6H2,1H3,(H,14,15)(H,10,11,13). The van der Waals surface area contributed by atoms with Crippen molar-refractivity contribution in [3.8, 4) is 0 Å². The van der Waals surface area contributed by atoms with Crippen LogP contribution in [0.2, 0.25) is 0 Å². The number of hydrogen-bond donors (Lipinski definition) is 2. The number of aromatic nitrogens is 2. The Hall–Kier alpha value is -1.89. The lowest BCUT2D eigenvalue weighted by molar-refractivity contribution is -0.137. The lowest BCUT2D eigenvalue weighted by atomic mass is 10.4. The molecule has 0 aliphatic carbocycles. The summed E-state index contributed by atoms with van der Waals surface area (Å²) >= 11 is 0. The first-order valence-corrected chi connectivity index (χ1v) is 4.66. The third kappa shape index (κ3) is 4.09. The zero-order valence-electron chi connectivity index (χ0n) is 8.84. The molecule has 0 fully saturated rings. The smallest absolute Gasteiger partial charge is 0.325 e. The predicted octanol–water partition coefficient (Wildman–Crippen LogP) is -0.0573. The lowest BCUT2D eigenvalue weighted by Crippen LogP contribution is -2.15. The van der Waals surface area contributed by atoms with Crippen molar-refractivity contribution in [3.05, 3.63) is 12.3 Å². The van der Waals surface area contributed by atoms with E-state index in [0.29, 0.717) is 12.4 Å². The maximum Gasteiger partial charge on any atom is 0.325 e. The van der Waals surface area contributed by atoms with E-state index in [9.17, 15) is 9.59 Å². The number of carboxylic acids is 1. The molecule has 0 aliphatic heterocycles. The van der Waals surface area contributed by atoms with Gasteiger partial charge in [-0.05, 0) is 0 Å². The van der Waals surface area contributed by atoms with Gasteiger partial charge in [-0.15, -0.1) is 0 Å². The van der Waals surface area contributed by atoms with Crippen molar-refractivity contribution in [3.63, 3.8) is 0 Å². The van der Waals surface area contributed by atoms with Crippen molar-refractivity contribution in [2.75, 3.05) is 19.0 Å². The number of carbonyl (C=O) groups excluding carboxylic acids is 1. The molecule has 0 radical (unpaired) electrons. The average molecular weight is 227 g/mol. The van der Waals surface area contributed by atoms with Gasteiger partial charge in [0.2, 0.25) is 5.91 Å². The van der Waals surface area contributed by atoms with Crippen LogP contribution < -0.4 is 5.32 Å². The van der Waals surface area contributed by atoms with E-state index >= 15 is 0 Å². The van der Waals surface area contributed by atoms with Crippen molar-refractivity contribution in [2.24, 2.45) is 0 Å². The van der Waals surface area contributed by atoms with E-state index < -0.39 is 5.97 Å². The summed E-state index contributed by atoms with van der Waals surface area (Å²) in [6.07, 6.45) is 1.72. The predicted molar refractivity (Wildman–Crippen MR) is 55.0 cm³/mol. The first-order chi connectivity index (χ1) is 7.61. The second kappa shape index (κ2) is 5.86. The van der Waals surface area contributed by atoms with E-state index in [2.05, 4.69) is 10.4 Å². The molecule has 1 aromatic rings. The normalized spacial score (nSPS) is 10.1. The summed E-state index contributed by atoms with van der Waals surface area (Å²) in [4.78, 5) is 21.6. The summed E-state index contributed by atoms with van der Waals surface area (Å²) in [6, 6.07) is 1.54. The molecular weight excluding hydrogens is 214 g/mol. The summed E-state index contributed by atoms with van der Waals surface area (Å²) in [5.41, 5.74) is 0. The number of nitrogens with one attached hydrogen (secondary N) is 1. The molecule has 0 aliphatic rings. The van der Waals surface area contributed by atoms with Crippen molar-refractivity contribution >= 4 is 17.7 Å². The fourth-order valence-electron chi connectivity index (χ4n) is 1.06. The molecule has 2 N–H and O–H groups in total. The number of carbonyl (C=O) groups is 2. The first-order valence-electron chi connectivity index (χ1n) is 4.66. The first kappa shape index (κ1) is 12.2. The number of nitrogens with zero attached hydrogens (tertiary/aromatic N) is 2. The molecule has 0 spiro atoms. The minimum absolute atomic E-state index is 0.220. The van der Waals surface area contributed by atoms with E-state index in [0.717, 1.165) is 0 Å². The van der Waals surface area contributed by atoms with Crippen molar-refractivity contribution in [1.29, 1.82) is 0 Å². The van der Waals surface area contributed by atoms with E-state index in [1.807, 2.05) is 0 Å². The Labute approximate surface area is 92.0 Å². The number of hydrogen-bond acceptors (Lipinski definition) is 4. The molecule has 16 heavy (non-hydrogen) atoms. The Morgan fingerprint density at radius 1 is 1.62 bits per heavy atom. The highest BCUT2D eigenvalue weighted by atomic mass is 16.5. The lowest BCUT2D eigenvalue weighted by Gasteiger charge is -2.00. The highest BCUT2D eigenvalue weighted by molar-refractivity contribution is 5.89. The van der Waals surface area contributed by atoms with Gasteiger partial charge in [-0.1, -0.05) is 0 Å². The zero-order valence-corrected chi connectivity index (χ0v) is 8.84. The van der Waals surface area contributed by atoms with E-state index in [4.69, 9.17) is 9.84 Å². The maximum absolute atomic E-state index is 11.2. The molecule has 7 nitrogen and oxygen atoms in total. The Bertz CT molecular complexity index is 375. The van der Waals surface area contributed by atoms with E-state index in [1.165, 1.54) is 24.1 Å². The second-order valence-corrected chi connectivity index (χ2v) is 3.08. The molecule has 1 amide bonds. The Balaban J connectivity index is 2.45. The van der Waals surface area contributed by atoms with Crippen LogP contribution in [0.15, 0.2) is 12.3 Å². The molecule has 0 atom stereocenters. The summed E-state index contributed by atoms with van der Waals surface area (Å²) in [5, 5.41) is 14.9. The molecular formula is C9H13N3O4. The fraction of sp³-hybridized carbons (Fsp3) is 0.444. The molecule has 0 unspecified atom stereocenters. The van der Waals surface area contributed by atoms with Crippen LogP contribution in [0.1, 0.15) is 6.42 Å². The van der Waals surface area contributed by atoms with Crippen molar-refractivity contribution in [1.82, 2.24) is 9.78 Å². The molecule has 88 valence electrons. The van der Waals surface area contributed by atoms with Crippen LogP contribution in [0, 0.1) is 0 Å². The third-order valence-corrected chi connectivity index (χ3v) is 1.74. The highest BCUT2D eigenvalue weighted by Gasteiger charge is 2.06. The molecule has 1 aromatic heterocycles. The minimum Gasteiger partial charge on any atom is -0.480 e. The van der Waals surface area contributed by atoms with Gasteiger partial charge < -0.3 is 15.2 Å².